The van der Waals surface area contributed by atoms with Crippen LogP contribution in [-0.4, -0.2) is 0 Å². The van der Waals surface area contributed by atoms with E-state index in [0.717, 1.165) is 6.42 Å². The predicted molar refractivity (Wildman–Crippen MR) is 105 cm³/mol. The molecule has 0 fully saturated rings. The minimum absolute atomic E-state index is 0. The largest absolute Gasteiger partial charge is 4.00 e. The number of hydrogen-bond donors (Lipinski definition) is 0. The quantitative estimate of drug-likeness (QED) is 0.373. The molecule has 0 nitrogen and oxygen atoms in total. The molecule has 0 amide bonds. The van der Waals surface area contributed by atoms with Crippen LogP contribution in [0.3, 0.4) is 0 Å². The van der Waals surface area contributed by atoms with Gasteiger partial charge in [-0.15, -0.1) is 13.8 Å². The van der Waals surface area contributed by atoms with Crippen molar-refractivity contribution in [3.8, 4) is 0 Å². The number of rotatable bonds is 0. The van der Waals surface area contributed by atoms with Gasteiger partial charge in [0.2, 0.25) is 0 Å². The molecule has 0 bridgehead atoms. The summed E-state index contributed by atoms with van der Waals surface area (Å²) in [7, 11) is 0. The van der Waals surface area contributed by atoms with Gasteiger partial charge in [-0.1, -0.05) is 66.2 Å². The molecule has 1 heteroatoms. The summed E-state index contributed by atoms with van der Waals surface area (Å²) in [4.78, 5) is 0. The van der Waals surface area contributed by atoms with E-state index in [2.05, 4.69) is 95.2 Å². The zero-order valence-electron chi connectivity index (χ0n) is 17.6. The summed E-state index contributed by atoms with van der Waals surface area (Å²) in [6, 6.07) is 0. The average Bonchev–Trinajstić information content (AvgIpc) is 2.71. The Bertz CT molecular complexity index is 499. The number of allylic oxidation sites excluding steroid dienone is 8. The first-order valence-corrected chi connectivity index (χ1v) is 8.50. The normalized spacial score (nSPS) is 20.3. The third-order valence-electron chi connectivity index (χ3n) is 5.12. The van der Waals surface area contributed by atoms with Crippen LogP contribution in [0, 0.1) is 36.8 Å². The van der Waals surface area contributed by atoms with Crippen molar-refractivity contribution in [2.75, 3.05) is 0 Å². The molecule has 0 saturated heterocycles. The van der Waals surface area contributed by atoms with Crippen LogP contribution < -0.4 is 0 Å². The van der Waals surface area contributed by atoms with Crippen molar-refractivity contribution in [3.63, 3.8) is 0 Å². The molecule has 132 valence electrons. The first kappa shape index (κ1) is 26.1. The van der Waals surface area contributed by atoms with E-state index in [4.69, 9.17) is 0 Å². The van der Waals surface area contributed by atoms with E-state index in [9.17, 15) is 0 Å². The zero-order chi connectivity index (χ0) is 18.6. The van der Waals surface area contributed by atoms with Crippen molar-refractivity contribution < 1.29 is 26.2 Å². The van der Waals surface area contributed by atoms with Gasteiger partial charge >= 0.3 is 26.2 Å². The van der Waals surface area contributed by atoms with E-state index in [-0.39, 0.29) is 37.0 Å². The average molecular weight is 404 g/mol. The maximum atomic E-state index is 3.44. The van der Waals surface area contributed by atoms with E-state index in [1.165, 1.54) is 33.4 Å². The van der Waals surface area contributed by atoms with Gasteiger partial charge < -0.3 is 20.3 Å². The molecule has 0 N–H and O–H groups in total. The van der Waals surface area contributed by atoms with Crippen LogP contribution in [0.5, 0.6) is 0 Å². The third kappa shape index (κ3) is 6.63. The molecule has 0 radical (unpaired) electrons. The van der Waals surface area contributed by atoms with Crippen LogP contribution in [0.15, 0.2) is 33.4 Å². The van der Waals surface area contributed by atoms with E-state index in [1.54, 1.807) is 0 Å². The Kier molecular flexibility index (Phi) is 11.0. The first-order valence-electron chi connectivity index (χ1n) is 8.50. The molecular formula is C23H36Zr. The summed E-state index contributed by atoms with van der Waals surface area (Å²) in [6.07, 6.45) is 7.62. The van der Waals surface area contributed by atoms with Crippen molar-refractivity contribution in [2.24, 2.45) is 10.8 Å². The van der Waals surface area contributed by atoms with E-state index < -0.39 is 0 Å². The topological polar surface area (TPSA) is 0 Å². The predicted octanol–water partition coefficient (Wildman–Crippen LogP) is 7.27. The molecule has 0 aromatic heterocycles. The minimum Gasteiger partial charge on any atom is -0.372 e. The molecule has 0 aromatic carbocycles. The second-order valence-electron chi connectivity index (χ2n) is 7.60. The van der Waals surface area contributed by atoms with Gasteiger partial charge in [-0.2, -0.15) is 22.3 Å². The standard InChI is InChI=1S/2C10H15.C3H6.Zr/c2*1-7-6-10(4,5)9(3)8(7)2;1-3-2;/h2*1-5H3;1-3H2;/q2*-1;-2;+4. The van der Waals surface area contributed by atoms with Gasteiger partial charge in [0, 0.05) is 0 Å². The molecule has 0 spiro atoms. The SMILES string of the molecule is CC1=[C-]C(C)(C)C(C)=C1C.CC1=[C-]C(C)(C)C(C)=C1C.[CH2-]C[CH2-].[Zr+4]. The van der Waals surface area contributed by atoms with Crippen LogP contribution in [-0.2, 0) is 26.2 Å². The second kappa shape index (κ2) is 10.1. The Hall–Kier alpha value is -0.157. The van der Waals surface area contributed by atoms with Crippen molar-refractivity contribution in [3.05, 3.63) is 59.4 Å². The fourth-order valence-corrected chi connectivity index (χ4v) is 2.81. The van der Waals surface area contributed by atoms with Crippen LogP contribution in [0.4, 0.5) is 0 Å². The van der Waals surface area contributed by atoms with Crippen LogP contribution in [0.1, 0.15) is 75.7 Å². The summed E-state index contributed by atoms with van der Waals surface area (Å²) in [5.74, 6) is 0. The fraction of sp³-hybridized carbons (Fsp3) is 0.565. The van der Waals surface area contributed by atoms with Gasteiger partial charge in [-0.25, -0.2) is 11.1 Å². The van der Waals surface area contributed by atoms with Gasteiger partial charge in [0.15, 0.2) is 0 Å². The Balaban J connectivity index is 0. The van der Waals surface area contributed by atoms with Gasteiger partial charge in [0.1, 0.15) is 0 Å². The van der Waals surface area contributed by atoms with Gasteiger partial charge in [0.05, 0.1) is 0 Å². The van der Waals surface area contributed by atoms with Gasteiger partial charge in [-0.05, 0) is 0 Å². The second-order valence-corrected chi connectivity index (χ2v) is 7.60. The maximum absolute atomic E-state index is 3.44. The van der Waals surface area contributed by atoms with Crippen molar-refractivity contribution in [2.45, 2.75) is 75.7 Å². The van der Waals surface area contributed by atoms with Crippen LogP contribution in [0.2, 0.25) is 0 Å². The van der Waals surface area contributed by atoms with Crippen molar-refractivity contribution >= 4 is 0 Å². The maximum Gasteiger partial charge on any atom is 4.00 e. The van der Waals surface area contributed by atoms with Crippen LogP contribution >= 0.6 is 0 Å². The monoisotopic (exact) mass is 402 g/mol. The van der Waals surface area contributed by atoms with Gasteiger partial charge in [0.25, 0.3) is 0 Å². The first-order chi connectivity index (χ1) is 10.3. The summed E-state index contributed by atoms with van der Waals surface area (Å²) in [6.45, 7) is 28.6. The van der Waals surface area contributed by atoms with Gasteiger partial charge in [-0.3, -0.25) is 12.2 Å². The summed E-state index contributed by atoms with van der Waals surface area (Å²) in [5.41, 5.74) is 8.79. The Morgan fingerprint density at radius 2 is 0.875 bits per heavy atom. The summed E-state index contributed by atoms with van der Waals surface area (Å²) in [5, 5.41) is 0. The molecule has 24 heavy (non-hydrogen) atoms. The molecule has 0 aromatic rings. The molecule has 0 atom stereocenters. The van der Waals surface area contributed by atoms with Crippen molar-refractivity contribution in [1.29, 1.82) is 0 Å². The molecule has 2 aliphatic carbocycles. The molecule has 0 saturated carbocycles. The fourth-order valence-electron chi connectivity index (χ4n) is 2.81. The summed E-state index contributed by atoms with van der Waals surface area (Å²) >= 11 is 0. The Labute approximate surface area is 171 Å². The molecule has 0 heterocycles. The van der Waals surface area contributed by atoms with E-state index in [1.807, 2.05) is 0 Å². The van der Waals surface area contributed by atoms with E-state index in [0.29, 0.717) is 0 Å². The van der Waals surface area contributed by atoms with Crippen LogP contribution in [0.25, 0.3) is 0 Å². The minimum atomic E-state index is 0. The zero-order valence-corrected chi connectivity index (χ0v) is 20.1. The third-order valence-corrected chi connectivity index (χ3v) is 5.12. The molecule has 0 aliphatic heterocycles. The molecule has 0 unspecified atom stereocenters. The smallest absolute Gasteiger partial charge is 0.372 e. The molecule has 2 aliphatic rings. The van der Waals surface area contributed by atoms with E-state index >= 15 is 0 Å². The number of hydrogen-bond acceptors (Lipinski definition) is 0. The Morgan fingerprint density at radius 1 is 0.667 bits per heavy atom. The Morgan fingerprint density at radius 3 is 0.917 bits per heavy atom. The van der Waals surface area contributed by atoms with Crippen molar-refractivity contribution in [1.82, 2.24) is 0 Å². The summed E-state index contributed by atoms with van der Waals surface area (Å²) < 4.78 is 0. The molecule has 2 rings (SSSR count). The molecular weight excluding hydrogens is 367 g/mol.